The van der Waals surface area contributed by atoms with E-state index in [-0.39, 0.29) is 12.5 Å². The standard InChI is InChI=1S/C11H12BrNO2S/c12-7-1-3-9-10(5-7)16-6-8(13-9)2-4-11(14)15/h1,3,5,8,13H,2,4,6H2,(H,14,15). The average molecular weight is 302 g/mol. The van der Waals surface area contributed by atoms with Crippen molar-refractivity contribution in [2.45, 2.75) is 23.8 Å². The largest absolute Gasteiger partial charge is 0.481 e. The van der Waals surface area contributed by atoms with E-state index in [1.165, 1.54) is 4.90 Å². The van der Waals surface area contributed by atoms with Crippen LogP contribution in [0, 0.1) is 0 Å². The highest BCUT2D eigenvalue weighted by molar-refractivity contribution is 9.10. The van der Waals surface area contributed by atoms with Crippen LogP contribution in [-0.2, 0) is 4.79 Å². The Morgan fingerprint density at radius 2 is 2.44 bits per heavy atom. The lowest BCUT2D eigenvalue weighted by Crippen LogP contribution is -2.26. The summed E-state index contributed by atoms with van der Waals surface area (Å²) in [5.74, 6) is 0.199. The highest BCUT2D eigenvalue weighted by Gasteiger charge is 2.18. The van der Waals surface area contributed by atoms with Crippen LogP contribution in [0.2, 0.25) is 0 Å². The van der Waals surface area contributed by atoms with E-state index in [2.05, 4.69) is 27.3 Å². The van der Waals surface area contributed by atoms with Crippen LogP contribution in [-0.4, -0.2) is 22.9 Å². The summed E-state index contributed by atoms with van der Waals surface area (Å²) in [7, 11) is 0. The molecule has 1 aliphatic heterocycles. The number of hydrogen-bond donors (Lipinski definition) is 2. The first-order chi connectivity index (χ1) is 7.65. The first kappa shape index (κ1) is 11.8. The van der Waals surface area contributed by atoms with Crippen molar-refractivity contribution in [1.29, 1.82) is 0 Å². The number of aliphatic carboxylic acids is 1. The zero-order chi connectivity index (χ0) is 11.5. The van der Waals surface area contributed by atoms with E-state index >= 15 is 0 Å². The monoisotopic (exact) mass is 301 g/mol. The van der Waals surface area contributed by atoms with Gasteiger partial charge in [-0.2, -0.15) is 0 Å². The first-order valence-electron chi connectivity index (χ1n) is 5.06. The predicted molar refractivity (Wildman–Crippen MR) is 69.1 cm³/mol. The third-order valence-electron chi connectivity index (χ3n) is 2.45. The van der Waals surface area contributed by atoms with Gasteiger partial charge in [-0.25, -0.2) is 0 Å². The van der Waals surface area contributed by atoms with Crippen molar-refractivity contribution in [1.82, 2.24) is 0 Å². The molecular weight excluding hydrogens is 290 g/mol. The van der Waals surface area contributed by atoms with Crippen molar-refractivity contribution in [3.63, 3.8) is 0 Å². The second-order valence-electron chi connectivity index (χ2n) is 3.73. The number of carboxylic acids is 1. The first-order valence-corrected chi connectivity index (χ1v) is 6.83. The predicted octanol–water partition coefficient (Wildman–Crippen LogP) is 3.20. The summed E-state index contributed by atoms with van der Waals surface area (Å²) in [5.41, 5.74) is 1.11. The van der Waals surface area contributed by atoms with Crippen molar-refractivity contribution in [2.75, 3.05) is 11.1 Å². The Morgan fingerprint density at radius 3 is 3.19 bits per heavy atom. The minimum atomic E-state index is -0.728. The molecule has 0 fully saturated rings. The van der Waals surface area contributed by atoms with Gasteiger partial charge in [-0.1, -0.05) is 15.9 Å². The molecule has 86 valence electrons. The van der Waals surface area contributed by atoms with Gasteiger partial charge in [-0.3, -0.25) is 4.79 Å². The quantitative estimate of drug-likeness (QED) is 0.900. The number of benzene rings is 1. The van der Waals surface area contributed by atoms with E-state index in [1.54, 1.807) is 11.8 Å². The van der Waals surface area contributed by atoms with Gasteiger partial charge in [0.2, 0.25) is 0 Å². The lowest BCUT2D eigenvalue weighted by atomic mass is 10.1. The van der Waals surface area contributed by atoms with Gasteiger partial charge < -0.3 is 10.4 Å². The molecular formula is C11H12BrNO2S. The van der Waals surface area contributed by atoms with Crippen LogP contribution in [0.1, 0.15) is 12.8 Å². The van der Waals surface area contributed by atoms with Gasteiger partial charge in [0, 0.05) is 33.3 Å². The van der Waals surface area contributed by atoms with Gasteiger partial charge in [0.1, 0.15) is 0 Å². The van der Waals surface area contributed by atoms with E-state index < -0.39 is 5.97 Å². The molecule has 0 saturated heterocycles. The topological polar surface area (TPSA) is 49.3 Å². The van der Waals surface area contributed by atoms with Crippen LogP contribution in [0.5, 0.6) is 0 Å². The van der Waals surface area contributed by atoms with Crippen LogP contribution >= 0.6 is 27.7 Å². The molecule has 1 aromatic carbocycles. The number of nitrogens with one attached hydrogen (secondary N) is 1. The molecule has 0 aromatic heterocycles. The summed E-state index contributed by atoms with van der Waals surface area (Å²) in [4.78, 5) is 11.7. The minimum absolute atomic E-state index is 0.226. The molecule has 5 heteroatoms. The molecule has 3 nitrogen and oxygen atoms in total. The number of halogens is 1. The minimum Gasteiger partial charge on any atom is -0.481 e. The molecule has 0 spiro atoms. The fourth-order valence-corrected chi connectivity index (χ4v) is 3.28. The van der Waals surface area contributed by atoms with E-state index in [0.717, 1.165) is 15.9 Å². The number of hydrogen-bond acceptors (Lipinski definition) is 3. The molecule has 1 unspecified atom stereocenters. The molecule has 1 aliphatic rings. The third kappa shape index (κ3) is 2.92. The highest BCUT2D eigenvalue weighted by Crippen LogP contribution is 2.35. The Labute approximate surface area is 107 Å². The summed E-state index contributed by atoms with van der Waals surface area (Å²) in [5, 5.41) is 12.0. The fourth-order valence-electron chi connectivity index (χ4n) is 1.64. The van der Waals surface area contributed by atoms with Crippen LogP contribution in [0.25, 0.3) is 0 Å². The van der Waals surface area contributed by atoms with Crippen molar-refractivity contribution >= 4 is 39.3 Å². The van der Waals surface area contributed by atoms with E-state index in [0.29, 0.717) is 6.42 Å². The Bertz CT molecular complexity index is 411. The van der Waals surface area contributed by atoms with Crippen molar-refractivity contribution in [3.8, 4) is 0 Å². The number of anilines is 1. The molecule has 0 radical (unpaired) electrons. The SMILES string of the molecule is O=C(O)CCC1CSc2cc(Br)ccc2N1. The Hall–Kier alpha value is -0.680. The maximum Gasteiger partial charge on any atom is 0.303 e. The molecule has 16 heavy (non-hydrogen) atoms. The molecule has 1 atom stereocenters. The van der Waals surface area contributed by atoms with Crippen molar-refractivity contribution in [3.05, 3.63) is 22.7 Å². The molecule has 2 rings (SSSR count). The number of carbonyl (C=O) groups is 1. The van der Waals surface area contributed by atoms with Crippen LogP contribution < -0.4 is 5.32 Å². The van der Waals surface area contributed by atoms with E-state index in [4.69, 9.17) is 5.11 Å². The molecule has 1 heterocycles. The van der Waals surface area contributed by atoms with Gasteiger partial charge in [0.15, 0.2) is 0 Å². The maximum absolute atomic E-state index is 10.5. The Kier molecular flexibility index (Phi) is 3.76. The van der Waals surface area contributed by atoms with Crippen molar-refractivity contribution < 1.29 is 9.90 Å². The summed E-state index contributed by atoms with van der Waals surface area (Å²) < 4.78 is 1.07. The van der Waals surface area contributed by atoms with Crippen LogP contribution in [0.15, 0.2) is 27.6 Å². The third-order valence-corrected chi connectivity index (χ3v) is 4.16. The number of carboxylic acid groups (broad SMARTS) is 1. The van der Waals surface area contributed by atoms with E-state index in [9.17, 15) is 4.79 Å². The number of thioether (sulfide) groups is 1. The van der Waals surface area contributed by atoms with Gasteiger partial charge >= 0.3 is 5.97 Å². The summed E-state index contributed by atoms with van der Waals surface area (Å²) in [6, 6.07) is 6.36. The number of rotatable bonds is 3. The normalized spacial score (nSPS) is 18.7. The molecule has 2 N–H and O–H groups in total. The van der Waals surface area contributed by atoms with Gasteiger partial charge in [-0.05, 0) is 24.6 Å². The smallest absolute Gasteiger partial charge is 0.303 e. The molecule has 1 aromatic rings. The second kappa shape index (κ2) is 5.10. The molecule has 0 amide bonds. The summed E-state index contributed by atoms with van der Waals surface area (Å²) >= 11 is 5.21. The molecule has 0 saturated carbocycles. The summed E-state index contributed by atoms with van der Waals surface area (Å²) in [6.45, 7) is 0. The highest BCUT2D eigenvalue weighted by atomic mass is 79.9. The Balaban J connectivity index is 2.01. The fraction of sp³-hybridized carbons (Fsp3) is 0.364. The van der Waals surface area contributed by atoms with Gasteiger partial charge in [0.25, 0.3) is 0 Å². The lowest BCUT2D eigenvalue weighted by molar-refractivity contribution is -0.137. The van der Waals surface area contributed by atoms with Crippen LogP contribution in [0.4, 0.5) is 5.69 Å². The van der Waals surface area contributed by atoms with Crippen molar-refractivity contribution in [2.24, 2.45) is 0 Å². The summed E-state index contributed by atoms with van der Waals surface area (Å²) in [6.07, 6.45) is 0.905. The maximum atomic E-state index is 10.5. The van der Waals surface area contributed by atoms with Crippen LogP contribution in [0.3, 0.4) is 0 Å². The van der Waals surface area contributed by atoms with Gasteiger partial charge in [0.05, 0.1) is 0 Å². The average Bonchev–Trinajstić information content (AvgIpc) is 2.26. The zero-order valence-electron chi connectivity index (χ0n) is 8.57. The second-order valence-corrected chi connectivity index (χ2v) is 5.70. The van der Waals surface area contributed by atoms with Gasteiger partial charge in [-0.15, -0.1) is 11.8 Å². The lowest BCUT2D eigenvalue weighted by Gasteiger charge is -2.26. The van der Waals surface area contributed by atoms with E-state index in [1.807, 2.05) is 12.1 Å². The Morgan fingerprint density at radius 1 is 1.62 bits per heavy atom. The molecule has 0 bridgehead atoms. The zero-order valence-corrected chi connectivity index (χ0v) is 11.0. The number of fused-ring (bicyclic) bond motifs is 1. The molecule has 0 aliphatic carbocycles.